The van der Waals surface area contributed by atoms with Crippen molar-refractivity contribution in [1.29, 1.82) is 0 Å². The van der Waals surface area contributed by atoms with Gasteiger partial charge in [0.2, 0.25) is 0 Å². The predicted octanol–water partition coefficient (Wildman–Crippen LogP) is 3.26. The maximum atomic E-state index is 5.97. The Kier molecular flexibility index (Phi) is 4.10. The third kappa shape index (κ3) is 2.46. The third-order valence-electron chi connectivity index (χ3n) is 4.62. The second kappa shape index (κ2) is 5.43. The molecular formula is C15H27N3. The van der Waals surface area contributed by atoms with Gasteiger partial charge in [-0.3, -0.25) is 0 Å². The van der Waals surface area contributed by atoms with Gasteiger partial charge in [-0.25, -0.2) is 4.98 Å². The molecule has 3 heteroatoms. The van der Waals surface area contributed by atoms with Crippen LogP contribution in [0, 0.1) is 5.92 Å². The van der Waals surface area contributed by atoms with Gasteiger partial charge in [0, 0.05) is 29.9 Å². The molecule has 0 spiro atoms. The van der Waals surface area contributed by atoms with E-state index in [1.54, 1.807) is 0 Å². The second-order valence-electron chi connectivity index (χ2n) is 6.33. The Morgan fingerprint density at radius 1 is 1.33 bits per heavy atom. The lowest BCUT2D eigenvalue weighted by Gasteiger charge is -2.38. The largest absolute Gasteiger partial charge is 0.330 e. The summed E-state index contributed by atoms with van der Waals surface area (Å²) in [4.78, 5) is 4.40. The number of hydrogen-bond donors (Lipinski definition) is 1. The highest BCUT2D eigenvalue weighted by Crippen LogP contribution is 2.37. The summed E-state index contributed by atoms with van der Waals surface area (Å²) in [5.41, 5.74) is 7.55. The van der Waals surface area contributed by atoms with Crippen molar-refractivity contribution in [3.05, 3.63) is 18.2 Å². The van der Waals surface area contributed by atoms with Gasteiger partial charge in [-0.2, -0.15) is 0 Å². The fraction of sp³-hybridized carbons (Fsp3) is 0.800. The molecule has 0 amide bonds. The smallest absolute Gasteiger partial charge is 0.0953 e. The molecule has 0 radical (unpaired) electrons. The van der Waals surface area contributed by atoms with Crippen LogP contribution in [0.3, 0.4) is 0 Å². The first-order chi connectivity index (χ1) is 8.58. The average molecular weight is 249 g/mol. The van der Waals surface area contributed by atoms with E-state index in [0.29, 0.717) is 18.4 Å². The summed E-state index contributed by atoms with van der Waals surface area (Å²) in [7, 11) is 0. The molecule has 1 aromatic rings. The Labute approximate surface area is 111 Å². The molecule has 1 fully saturated rings. The van der Waals surface area contributed by atoms with Crippen molar-refractivity contribution in [2.45, 2.75) is 64.3 Å². The zero-order valence-electron chi connectivity index (χ0n) is 12.0. The molecule has 3 nitrogen and oxygen atoms in total. The number of hydrogen-bond acceptors (Lipinski definition) is 2. The normalized spacial score (nSPS) is 21.2. The Bertz CT molecular complexity index is 375. The number of imidazole rings is 1. The van der Waals surface area contributed by atoms with E-state index in [1.165, 1.54) is 37.8 Å². The summed E-state index contributed by atoms with van der Waals surface area (Å²) in [5, 5.41) is 0. The molecule has 1 heterocycles. The molecule has 1 aliphatic carbocycles. The minimum atomic E-state index is 0.256. The summed E-state index contributed by atoms with van der Waals surface area (Å²) in [6, 6.07) is 0. The highest BCUT2D eigenvalue weighted by molar-refractivity contribution is 5.12. The van der Waals surface area contributed by atoms with Crippen molar-refractivity contribution in [3.8, 4) is 0 Å². The number of rotatable bonds is 4. The van der Waals surface area contributed by atoms with Crippen LogP contribution in [-0.4, -0.2) is 16.1 Å². The maximum absolute atomic E-state index is 5.97. The standard InChI is InChI=1S/C15H27N3/c1-12(2)13(9-16)14-10-17-11-18(14)15(3)7-5-4-6-8-15/h10-13H,4-9,16H2,1-3H3. The Morgan fingerprint density at radius 3 is 2.56 bits per heavy atom. The van der Waals surface area contributed by atoms with Crippen LogP contribution in [0.5, 0.6) is 0 Å². The van der Waals surface area contributed by atoms with Crippen LogP contribution in [0.15, 0.2) is 12.5 Å². The average Bonchev–Trinajstić information content (AvgIpc) is 2.80. The fourth-order valence-corrected chi connectivity index (χ4v) is 3.32. The Hall–Kier alpha value is -0.830. The van der Waals surface area contributed by atoms with E-state index in [9.17, 15) is 0 Å². The van der Waals surface area contributed by atoms with Crippen LogP contribution < -0.4 is 5.73 Å². The Balaban J connectivity index is 2.31. The van der Waals surface area contributed by atoms with Crippen molar-refractivity contribution in [2.75, 3.05) is 6.54 Å². The summed E-state index contributed by atoms with van der Waals surface area (Å²) >= 11 is 0. The molecule has 1 aromatic heterocycles. The first-order valence-electron chi connectivity index (χ1n) is 7.31. The summed E-state index contributed by atoms with van der Waals surface area (Å²) < 4.78 is 2.42. The Morgan fingerprint density at radius 2 is 2.00 bits per heavy atom. The first kappa shape index (κ1) is 13.6. The lowest BCUT2D eigenvalue weighted by Crippen LogP contribution is -2.35. The zero-order chi connectivity index (χ0) is 13.2. The third-order valence-corrected chi connectivity index (χ3v) is 4.62. The van der Waals surface area contributed by atoms with Gasteiger partial charge in [-0.15, -0.1) is 0 Å². The maximum Gasteiger partial charge on any atom is 0.0953 e. The highest BCUT2D eigenvalue weighted by atomic mass is 15.1. The minimum Gasteiger partial charge on any atom is -0.330 e. The summed E-state index contributed by atoms with van der Waals surface area (Å²) in [6.07, 6.45) is 10.6. The van der Waals surface area contributed by atoms with Gasteiger partial charge in [0.05, 0.1) is 6.33 Å². The van der Waals surface area contributed by atoms with E-state index in [-0.39, 0.29) is 5.54 Å². The molecule has 18 heavy (non-hydrogen) atoms. The van der Waals surface area contributed by atoms with E-state index in [4.69, 9.17) is 5.73 Å². The van der Waals surface area contributed by atoms with E-state index in [0.717, 1.165) is 0 Å². The fourth-order valence-electron chi connectivity index (χ4n) is 3.32. The van der Waals surface area contributed by atoms with Crippen LogP contribution in [-0.2, 0) is 5.54 Å². The lowest BCUT2D eigenvalue weighted by atomic mass is 9.82. The molecule has 2 rings (SSSR count). The van der Waals surface area contributed by atoms with Crippen LogP contribution in [0.4, 0.5) is 0 Å². The molecule has 1 saturated carbocycles. The molecule has 102 valence electrons. The van der Waals surface area contributed by atoms with Gasteiger partial charge in [-0.1, -0.05) is 33.1 Å². The van der Waals surface area contributed by atoms with Gasteiger partial charge in [0.15, 0.2) is 0 Å². The zero-order valence-corrected chi connectivity index (χ0v) is 12.0. The monoisotopic (exact) mass is 249 g/mol. The van der Waals surface area contributed by atoms with Crippen molar-refractivity contribution in [2.24, 2.45) is 11.7 Å². The molecule has 0 bridgehead atoms. The van der Waals surface area contributed by atoms with Gasteiger partial charge < -0.3 is 10.3 Å². The SMILES string of the molecule is CC(C)C(CN)c1cncn1C1(C)CCCCC1. The van der Waals surface area contributed by atoms with Gasteiger partial charge in [0.1, 0.15) is 0 Å². The van der Waals surface area contributed by atoms with Crippen molar-refractivity contribution in [3.63, 3.8) is 0 Å². The molecule has 0 saturated heterocycles. The predicted molar refractivity (Wildman–Crippen MR) is 75.6 cm³/mol. The number of nitrogens with two attached hydrogens (primary N) is 1. The van der Waals surface area contributed by atoms with Crippen LogP contribution in [0.1, 0.15) is 64.5 Å². The highest BCUT2D eigenvalue weighted by Gasteiger charge is 2.32. The second-order valence-corrected chi connectivity index (χ2v) is 6.33. The topological polar surface area (TPSA) is 43.8 Å². The van der Waals surface area contributed by atoms with E-state index in [2.05, 4.69) is 30.3 Å². The first-order valence-corrected chi connectivity index (χ1v) is 7.31. The van der Waals surface area contributed by atoms with Crippen LogP contribution >= 0.6 is 0 Å². The lowest BCUT2D eigenvalue weighted by molar-refractivity contribution is 0.208. The van der Waals surface area contributed by atoms with Crippen molar-refractivity contribution < 1.29 is 0 Å². The molecule has 1 atom stereocenters. The molecular weight excluding hydrogens is 222 g/mol. The van der Waals surface area contributed by atoms with Crippen LogP contribution in [0.2, 0.25) is 0 Å². The van der Waals surface area contributed by atoms with Gasteiger partial charge in [0.25, 0.3) is 0 Å². The van der Waals surface area contributed by atoms with E-state index < -0.39 is 0 Å². The molecule has 1 unspecified atom stereocenters. The van der Waals surface area contributed by atoms with Gasteiger partial charge >= 0.3 is 0 Å². The van der Waals surface area contributed by atoms with Gasteiger partial charge in [-0.05, 0) is 25.7 Å². The molecule has 2 N–H and O–H groups in total. The van der Waals surface area contributed by atoms with Crippen molar-refractivity contribution >= 4 is 0 Å². The molecule has 0 aliphatic heterocycles. The summed E-state index contributed by atoms with van der Waals surface area (Å²) in [5.74, 6) is 0.990. The summed E-state index contributed by atoms with van der Waals surface area (Å²) in [6.45, 7) is 7.58. The van der Waals surface area contributed by atoms with Crippen molar-refractivity contribution in [1.82, 2.24) is 9.55 Å². The molecule has 0 aromatic carbocycles. The minimum absolute atomic E-state index is 0.256. The molecule has 1 aliphatic rings. The van der Waals surface area contributed by atoms with E-state index >= 15 is 0 Å². The number of aromatic nitrogens is 2. The van der Waals surface area contributed by atoms with Crippen LogP contribution in [0.25, 0.3) is 0 Å². The van der Waals surface area contributed by atoms with E-state index in [1.807, 2.05) is 12.5 Å². The quantitative estimate of drug-likeness (QED) is 0.890. The number of nitrogens with zero attached hydrogens (tertiary/aromatic N) is 2.